The van der Waals surface area contributed by atoms with Crippen LogP contribution in [0.25, 0.3) is 0 Å². The van der Waals surface area contributed by atoms with Gasteiger partial charge in [-0.2, -0.15) is 0 Å². The van der Waals surface area contributed by atoms with Crippen molar-refractivity contribution >= 4 is 11.9 Å². The Balaban J connectivity index is -0.0000000417. The second kappa shape index (κ2) is 11.3. The van der Waals surface area contributed by atoms with Gasteiger partial charge in [0.25, 0.3) is 0 Å². The first-order chi connectivity index (χ1) is 2.64. The molecule has 7 heteroatoms. The molecule has 0 amide bonds. The maximum absolute atomic E-state index is 9.04. The van der Waals surface area contributed by atoms with Gasteiger partial charge >= 0.3 is 57.4 Å². The molecule has 0 heterocycles. The molecule has 0 atom stereocenters. The van der Waals surface area contributed by atoms with Gasteiger partial charge in [-0.25, -0.2) is 4.79 Å². The molecule has 9 heavy (non-hydrogen) atoms. The van der Waals surface area contributed by atoms with Crippen LogP contribution in [0.2, 0.25) is 0 Å². The van der Waals surface area contributed by atoms with Gasteiger partial charge in [-0.15, -0.1) is 0 Å². The van der Waals surface area contributed by atoms with Crippen molar-refractivity contribution in [1.82, 2.24) is 0 Å². The molecule has 5 N–H and O–H groups in total. The van der Waals surface area contributed by atoms with Crippen molar-refractivity contribution in [3.8, 4) is 0 Å². The Labute approximate surface area is 92.9 Å². The molecule has 0 aliphatic rings. The molecule has 0 aromatic heterocycles. The molecule has 0 aliphatic heterocycles. The average molecular weight is 164 g/mol. The third-order valence-corrected chi connectivity index (χ3v) is 0.175. The molecule has 0 radical (unpaired) electrons. The van der Waals surface area contributed by atoms with Crippen LogP contribution < -0.4 is 56.5 Å². The van der Waals surface area contributed by atoms with Gasteiger partial charge in [-0.1, -0.05) is 0 Å². The molecule has 0 aromatic carbocycles. The normalized spacial score (nSPS) is 4.89. The minimum absolute atomic E-state index is 0. The zero-order valence-electron chi connectivity index (χ0n) is 4.67. The van der Waals surface area contributed by atoms with E-state index in [2.05, 4.69) is 0 Å². The fraction of sp³-hybridized carbons (Fsp3) is 0. The Morgan fingerprint density at radius 3 is 1.33 bits per heavy atom. The van der Waals surface area contributed by atoms with Gasteiger partial charge in [0.05, 0.1) is 0 Å². The molecule has 6 nitrogen and oxygen atoms in total. The SMILES string of the molecule is O.O.O=C([O-])C(=O)O.[K+]. The quantitative estimate of drug-likeness (QED) is 0.280. The summed E-state index contributed by atoms with van der Waals surface area (Å²) in [5, 5.41) is 16.3. The Morgan fingerprint density at radius 2 is 1.33 bits per heavy atom. The van der Waals surface area contributed by atoms with Crippen molar-refractivity contribution in [2.75, 3.05) is 0 Å². The van der Waals surface area contributed by atoms with Gasteiger partial charge in [0, 0.05) is 0 Å². The minimum Gasteiger partial charge on any atom is -0.539 e. The number of hydrogen-bond acceptors (Lipinski definition) is 3. The minimum atomic E-state index is -2.07. The molecular weight excluding hydrogens is 159 g/mol. The summed E-state index contributed by atoms with van der Waals surface area (Å²) in [6.07, 6.45) is 0. The molecule has 0 aromatic rings. The van der Waals surface area contributed by atoms with E-state index in [0.717, 1.165) is 0 Å². The third kappa shape index (κ3) is 17.7. The molecule has 50 valence electrons. The van der Waals surface area contributed by atoms with Gasteiger partial charge < -0.3 is 26.0 Å². The van der Waals surface area contributed by atoms with Crippen LogP contribution in [0.1, 0.15) is 0 Å². The van der Waals surface area contributed by atoms with E-state index in [1.165, 1.54) is 0 Å². The van der Waals surface area contributed by atoms with Crippen molar-refractivity contribution in [3.63, 3.8) is 0 Å². The van der Waals surface area contributed by atoms with E-state index < -0.39 is 11.9 Å². The number of carboxylic acids is 2. The Kier molecular flexibility index (Phi) is 28.5. The van der Waals surface area contributed by atoms with Crippen molar-refractivity contribution in [1.29, 1.82) is 0 Å². The van der Waals surface area contributed by atoms with E-state index in [9.17, 15) is 0 Å². The van der Waals surface area contributed by atoms with Gasteiger partial charge in [0.15, 0.2) is 5.97 Å². The molecule has 0 saturated carbocycles. The van der Waals surface area contributed by atoms with E-state index in [-0.39, 0.29) is 62.3 Å². The predicted molar refractivity (Wildman–Crippen MR) is 19.9 cm³/mol. The Hall–Kier alpha value is 0.496. The fourth-order valence-electron chi connectivity index (χ4n) is 0. The molecule has 0 saturated heterocycles. The van der Waals surface area contributed by atoms with Crippen LogP contribution in [-0.4, -0.2) is 28.0 Å². The molecule has 0 spiro atoms. The van der Waals surface area contributed by atoms with E-state index in [1.54, 1.807) is 0 Å². The summed E-state index contributed by atoms with van der Waals surface area (Å²) in [5.74, 6) is -4.01. The first kappa shape index (κ1) is 22.7. The van der Waals surface area contributed by atoms with E-state index in [1.807, 2.05) is 0 Å². The van der Waals surface area contributed by atoms with E-state index in [4.69, 9.17) is 19.8 Å². The van der Waals surface area contributed by atoms with Crippen LogP contribution in [0.5, 0.6) is 0 Å². The second-order valence-electron chi connectivity index (χ2n) is 0.593. The molecule has 0 bridgehead atoms. The zero-order valence-corrected chi connectivity index (χ0v) is 7.80. The van der Waals surface area contributed by atoms with Crippen LogP contribution in [0.3, 0.4) is 0 Å². The number of carbonyl (C=O) groups excluding carboxylic acids is 1. The molecule has 0 rings (SSSR count). The van der Waals surface area contributed by atoms with Gasteiger partial charge in [0.2, 0.25) is 0 Å². The van der Waals surface area contributed by atoms with Crippen molar-refractivity contribution < 1.29 is 82.1 Å². The number of carboxylic acid groups (broad SMARTS) is 2. The summed E-state index contributed by atoms with van der Waals surface area (Å²) in [6.45, 7) is 0. The van der Waals surface area contributed by atoms with Crippen LogP contribution in [-0.2, 0) is 9.59 Å². The molecule has 0 aliphatic carbocycles. The maximum Gasteiger partial charge on any atom is 1.00 e. The predicted octanol–water partition coefficient (Wildman–Crippen LogP) is -6.82. The van der Waals surface area contributed by atoms with Crippen LogP contribution in [0.4, 0.5) is 0 Å². The second-order valence-corrected chi connectivity index (χ2v) is 0.593. The van der Waals surface area contributed by atoms with Crippen LogP contribution in [0, 0.1) is 0 Å². The van der Waals surface area contributed by atoms with E-state index in [0.29, 0.717) is 0 Å². The summed E-state index contributed by atoms with van der Waals surface area (Å²) in [4.78, 5) is 18.0. The first-order valence-electron chi connectivity index (χ1n) is 1.09. The van der Waals surface area contributed by atoms with Crippen LogP contribution in [0.15, 0.2) is 0 Å². The Morgan fingerprint density at radius 1 is 1.22 bits per heavy atom. The van der Waals surface area contributed by atoms with Crippen molar-refractivity contribution in [2.24, 2.45) is 0 Å². The summed E-state index contributed by atoms with van der Waals surface area (Å²) >= 11 is 0. The fourth-order valence-corrected chi connectivity index (χ4v) is 0. The van der Waals surface area contributed by atoms with Gasteiger partial charge in [-0.05, 0) is 0 Å². The van der Waals surface area contributed by atoms with E-state index >= 15 is 0 Å². The zero-order chi connectivity index (χ0) is 5.15. The largest absolute Gasteiger partial charge is 1.00 e. The number of carbonyl (C=O) groups is 2. The summed E-state index contributed by atoms with van der Waals surface area (Å²) in [6, 6.07) is 0. The molecule has 0 unspecified atom stereocenters. The Bertz CT molecular complexity index is 77.1. The average Bonchev–Trinajstić information content (AvgIpc) is 1.36. The standard InChI is InChI=1S/C2H2O4.K.2H2O/c3-1(4)2(5)6;;;/h(H,3,4)(H,5,6);;2*1H2/q;+1;;/p-1. The molecule has 0 fully saturated rings. The van der Waals surface area contributed by atoms with Crippen molar-refractivity contribution in [3.05, 3.63) is 0 Å². The first-order valence-corrected chi connectivity index (χ1v) is 1.09. The topological polar surface area (TPSA) is 140 Å². The van der Waals surface area contributed by atoms with Crippen LogP contribution >= 0.6 is 0 Å². The summed E-state index contributed by atoms with van der Waals surface area (Å²) in [5.41, 5.74) is 0. The number of hydrogen-bond donors (Lipinski definition) is 1. The van der Waals surface area contributed by atoms with Crippen molar-refractivity contribution in [2.45, 2.75) is 0 Å². The number of rotatable bonds is 0. The summed E-state index contributed by atoms with van der Waals surface area (Å²) in [7, 11) is 0. The number of aliphatic carboxylic acids is 2. The molecular formula is C2H5KO6. The van der Waals surface area contributed by atoms with Gasteiger partial charge in [0.1, 0.15) is 0 Å². The third-order valence-electron chi connectivity index (χ3n) is 0.175. The smallest absolute Gasteiger partial charge is 0.539 e. The monoisotopic (exact) mass is 164 g/mol. The summed E-state index contributed by atoms with van der Waals surface area (Å²) < 4.78 is 0. The maximum atomic E-state index is 9.04. The van der Waals surface area contributed by atoms with Gasteiger partial charge in [-0.3, -0.25) is 0 Å².